The molecule has 6 nitrogen and oxygen atoms in total. The van der Waals surface area contributed by atoms with Crippen LogP contribution in [0, 0.1) is 0 Å². The summed E-state index contributed by atoms with van der Waals surface area (Å²) in [5.41, 5.74) is 0. The molecule has 0 unspecified atom stereocenters. The Balaban J connectivity index is 1.42. The van der Waals surface area contributed by atoms with E-state index in [1.54, 1.807) is 10.9 Å². The van der Waals surface area contributed by atoms with Crippen LogP contribution in [-0.4, -0.2) is 80.0 Å². The average Bonchev–Trinajstić information content (AvgIpc) is 3.09. The molecule has 1 N–H and O–H groups in total. The van der Waals surface area contributed by atoms with Gasteiger partial charge in [-0.25, -0.2) is 0 Å². The molecule has 0 radical (unpaired) electrons. The summed E-state index contributed by atoms with van der Waals surface area (Å²) in [5, 5.41) is 15.5. The fourth-order valence-electron chi connectivity index (χ4n) is 2.84. The second-order valence-corrected chi connectivity index (χ2v) is 8.30. The van der Waals surface area contributed by atoms with Gasteiger partial charge in [0.1, 0.15) is 0 Å². The van der Waals surface area contributed by atoms with Crippen molar-refractivity contribution in [3.63, 3.8) is 0 Å². The number of aliphatic hydroxyl groups is 1. The zero-order valence-electron chi connectivity index (χ0n) is 13.4. The fourth-order valence-corrected chi connectivity index (χ4v) is 3.90. The molecule has 0 aromatic carbocycles. The first-order valence-electron chi connectivity index (χ1n) is 7.88. The number of nitrogens with zero attached hydrogens (tertiary/aromatic N) is 5. The topological polar surface area (TPSA) is 56.9 Å². The Labute approximate surface area is 136 Å². The van der Waals surface area contributed by atoms with E-state index in [2.05, 4.69) is 33.7 Å². The van der Waals surface area contributed by atoms with Gasteiger partial charge in [0.2, 0.25) is 0 Å². The second kappa shape index (κ2) is 6.60. The number of amidine groups is 1. The summed E-state index contributed by atoms with van der Waals surface area (Å²) in [6.45, 7) is 10.6. The van der Waals surface area contributed by atoms with Crippen molar-refractivity contribution in [2.24, 2.45) is 4.99 Å². The highest BCUT2D eigenvalue weighted by atomic mass is 32.2. The maximum atomic E-state index is 10.2. The second-order valence-electron chi connectivity index (χ2n) is 6.63. The number of aromatic nitrogens is 2. The number of hydrogen-bond donors (Lipinski definition) is 1. The minimum Gasteiger partial charge on any atom is -0.390 e. The summed E-state index contributed by atoms with van der Waals surface area (Å²) in [6, 6.07) is 1.88. The number of hydrogen-bond acceptors (Lipinski definition) is 6. The van der Waals surface area contributed by atoms with Gasteiger partial charge in [0.15, 0.2) is 5.17 Å². The maximum Gasteiger partial charge on any atom is 0.159 e. The van der Waals surface area contributed by atoms with E-state index in [0.717, 1.165) is 32.7 Å². The van der Waals surface area contributed by atoms with E-state index in [9.17, 15) is 5.11 Å². The number of piperazine rings is 1. The molecule has 2 aliphatic rings. The first kappa shape index (κ1) is 15.8. The molecular weight excluding hydrogens is 298 g/mol. The van der Waals surface area contributed by atoms with Crippen LogP contribution in [0.2, 0.25) is 0 Å². The van der Waals surface area contributed by atoms with Gasteiger partial charge in [-0.15, -0.1) is 0 Å². The maximum absolute atomic E-state index is 10.2. The van der Waals surface area contributed by atoms with Crippen molar-refractivity contribution in [1.29, 1.82) is 0 Å². The van der Waals surface area contributed by atoms with Crippen molar-refractivity contribution in [3.05, 3.63) is 18.5 Å². The van der Waals surface area contributed by atoms with Crippen molar-refractivity contribution in [2.75, 3.05) is 39.3 Å². The van der Waals surface area contributed by atoms with E-state index in [1.165, 1.54) is 5.17 Å². The van der Waals surface area contributed by atoms with E-state index in [0.29, 0.717) is 13.1 Å². The molecule has 3 rings (SSSR count). The monoisotopic (exact) mass is 323 g/mol. The smallest absolute Gasteiger partial charge is 0.159 e. The Hall–Kier alpha value is -1.05. The lowest BCUT2D eigenvalue weighted by molar-refractivity contribution is 0.0769. The van der Waals surface area contributed by atoms with Gasteiger partial charge < -0.3 is 10.0 Å². The van der Waals surface area contributed by atoms with Crippen molar-refractivity contribution in [3.8, 4) is 0 Å². The first-order valence-corrected chi connectivity index (χ1v) is 8.70. The number of rotatable bonds is 4. The molecule has 122 valence electrons. The Bertz CT molecular complexity index is 508. The lowest BCUT2D eigenvalue weighted by atomic mass is 10.2. The average molecular weight is 323 g/mol. The highest BCUT2D eigenvalue weighted by Crippen LogP contribution is 2.33. The quantitative estimate of drug-likeness (QED) is 0.886. The highest BCUT2D eigenvalue weighted by molar-refractivity contribution is 8.15. The summed E-state index contributed by atoms with van der Waals surface area (Å²) >= 11 is 1.89. The van der Waals surface area contributed by atoms with Gasteiger partial charge in [0.05, 0.1) is 19.2 Å². The van der Waals surface area contributed by atoms with E-state index in [-0.39, 0.29) is 10.9 Å². The molecule has 1 aromatic rings. The molecule has 0 amide bonds. The third-order valence-corrected chi connectivity index (χ3v) is 5.28. The highest BCUT2D eigenvalue weighted by Gasteiger charge is 2.31. The van der Waals surface area contributed by atoms with Crippen LogP contribution < -0.4 is 0 Å². The van der Waals surface area contributed by atoms with Gasteiger partial charge in [-0.3, -0.25) is 14.6 Å². The lowest BCUT2D eigenvalue weighted by Gasteiger charge is -2.36. The van der Waals surface area contributed by atoms with Crippen LogP contribution in [0.1, 0.15) is 13.8 Å². The molecule has 3 heterocycles. The standard InChI is InChI=1S/C15H25N5OS/c1-15(2)12-16-14(22-15)19-8-6-18(7-9-19)10-13(21)11-20-5-3-4-17-20/h3-5,13,21H,6-12H2,1-2H3/t13-/m1/s1. The molecule has 0 saturated carbocycles. The molecule has 0 aliphatic carbocycles. The minimum atomic E-state index is -0.372. The van der Waals surface area contributed by atoms with Crippen LogP contribution >= 0.6 is 11.8 Å². The van der Waals surface area contributed by atoms with Gasteiger partial charge in [-0.1, -0.05) is 11.8 Å². The van der Waals surface area contributed by atoms with Crippen molar-refractivity contribution >= 4 is 16.9 Å². The van der Waals surface area contributed by atoms with Gasteiger partial charge >= 0.3 is 0 Å². The predicted molar refractivity (Wildman–Crippen MR) is 90.2 cm³/mol. The molecule has 1 saturated heterocycles. The molecule has 2 aliphatic heterocycles. The molecule has 1 atom stereocenters. The van der Waals surface area contributed by atoms with Crippen LogP contribution in [0.5, 0.6) is 0 Å². The van der Waals surface area contributed by atoms with E-state index in [4.69, 9.17) is 0 Å². The fraction of sp³-hybridized carbons (Fsp3) is 0.733. The van der Waals surface area contributed by atoms with Crippen LogP contribution in [0.4, 0.5) is 0 Å². The molecular formula is C15H25N5OS. The van der Waals surface area contributed by atoms with Crippen molar-refractivity contribution < 1.29 is 5.11 Å². The third kappa shape index (κ3) is 4.02. The molecule has 0 bridgehead atoms. The van der Waals surface area contributed by atoms with Crippen LogP contribution in [-0.2, 0) is 6.54 Å². The summed E-state index contributed by atoms with van der Waals surface area (Å²) in [7, 11) is 0. The van der Waals surface area contributed by atoms with Gasteiger partial charge in [0.25, 0.3) is 0 Å². The van der Waals surface area contributed by atoms with Crippen LogP contribution in [0.25, 0.3) is 0 Å². The largest absolute Gasteiger partial charge is 0.390 e. The number of aliphatic imine (C=N–C) groups is 1. The van der Waals surface area contributed by atoms with Gasteiger partial charge in [-0.05, 0) is 19.9 Å². The zero-order chi connectivity index (χ0) is 15.6. The summed E-state index contributed by atoms with van der Waals surface area (Å²) in [4.78, 5) is 9.39. The zero-order valence-corrected chi connectivity index (χ0v) is 14.2. The number of thioether (sulfide) groups is 1. The first-order chi connectivity index (χ1) is 10.5. The van der Waals surface area contributed by atoms with Crippen molar-refractivity contribution in [2.45, 2.75) is 31.2 Å². The number of aliphatic hydroxyl groups excluding tert-OH is 1. The SMILES string of the molecule is CC1(C)CN=C(N2CCN(C[C@@H](O)Cn3cccn3)CC2)S1. The van der Waals surface area contributed by atoms with Gasteiger partial charge in [-0.2, -0.15) is 5.10 Å². The summed E-state index contributed by atoms with van der Waals surface area (Å²) in [5.74, 6) is 0. The normalized spacial score (nSPS) is 23.6. The Morgan fingerprint density at radius 1 is 1.27 bits per heavy atom. The lowest BCUT2D eigenvalue weighted by Crippen LogP contribution is -2.50. The third-order valence-electron chi connectivity index (χ3n) is 4.03. The summed E-state index contributed by atoms with van der Waals surface area (Å²) < 4.78 is 2.03. The van der Waals surface area contributed by atoms with Gasteiger partial charge in [0, 0.05) is 49.9 Å². The Morgan fingerprint density at radius 3 is 2.64 bits per heavy atom. The summed E-state index contributed by atoms with van der Waals surface area (Å²) in [6.07, 6.45) is 3.26. The van der Waals surface area contributed by atoms with Crippen molar-refractivity contribution in [1.82, 2.24) is 19.6 Å². The molecule has 0 spiro atoms. The van der Waals surface area contributed by atoms with E-state index < -0.39 is 0 Å². The molecule has 22 heavy (non-hydrogen) atoms. The van der Waals surface area contributed by atoms with E-state index >= 15 is 0 Å². The Kier molecular flexibility index (Phi) is 4.75. The number of β-amino-alcohol motifs (C(OH)–C–C–N with tert-alkyl or cyclic N) is 1. The molecule has 7 heteroatoms. The predicted octanol–water partition coefficient (Wildman–Crippen LogP) is 0.743. The minimum absolute atomic E-state index is 0.242. The van der Waals surface area contributed by atoms with Crippen LogP contribution in [0.3, 0.4) is 0 Å². The Morgan fingerprint density at radius 2 is 2.05 bits per heavy atom. The van der Waals surface area contributed by atoms with Crippen LogP contribution in [0.15, 0.2) is 23.5 Å². The molecule has 1 aromatic heterocycles. The van der Waals surface area contributed by atoms with E-state index in [1.807, 2.05) is 24.0 Å². The molecule has 1 fully saturated rings.